The number of halogens is 1. The van der Waals surface area contributed by atoms with Gasteiger partial charge in [-0.3, -0.25) is 9.98 Å². The van der Waals surface area contributed by atoms with Crippen LogP contribution in [0.1, 0.15) is 21.5 Å². The normalized spacial score (nSPS) is 10.8. The number of aromatic hydroxyl groups is 1. The molecule has 6 heteroatoms. The number of aromatic nitrogens is 1. The number of aryl methyl sites for hydroxylation is 1. The van der Waals surface area contributed by atoms with Gasteiger partial charge in [-0.15, -0.1) is 0 Å². The molecule has 0 aliphatic heterocycles. The number of carbonyl (C=O) groups is 1. The molecule has 5 nitrogen and oxygen atoms in total. The van der Waals surface area contributed by atoms with Crippen molar-refractivity contribution in [1.29, 1.82) is 0 Å². The lowest BCUT2D eigenvalue weighted by molar-refractivity contribution is 0.0729. The number of aliphatic imine (C=N–C) groups is 1. The van der Waals surface area contributed by atoms with E-state index in [1.807, 2.05) is 6.92 Å². The van der Waals surface area contributed by atoms with Crippen molar-refractivity contribution in [3.05, 3.63) is 82.6 Å². The van der Waals surface area contributed by atoms with E-state index in [0.717, 1.165) is 5.56 Å². The first-order chi connectivity index (χ1) is 12.5. The number of hydrogen-bond donors (Lipinski definition) is 1. The predicted molar refractivity (Wildman–Crippen MR) is 101 cm³/mol. The fraction of sp³-hybridized carbons (Fsp3) is 0.0500. The molecule has 26 heavy (non-hydrogen) atoms. The van der Waals surface area contributed by atoms with Gasteiger partial charge in [-0.1, -0.05) is 29.3 Å². The summed E-state index contributed by atoms with van der Waals surface area (Å²) in [5.41, 5.74) is 2.35. The minimum Gasteiger partial charge on any atom is -0.504 e. The fourth-order valence-electron chi connectivity index (χ4n) is 2.19. The van der Waals surface area contributed by atoms with Crippen molar-refractivity contribution >= 4 is 29.5 Å². The highest BCUT2D eigenvalue weighted by Crippen LogP contribution is 2.33. The van der Waals surface area contributed by atoms with Crippen molar-refractivity contribution in [3.8, 4) is 11.5 Å². The summed E-state index contributed by atoms with van der Waals surface area (Å²) in [5, 5.41) is 10.7. The van der Waals surface area contributed by atoms with Crippen LogP contribution >= 0.6 is 11.6 Å². The monoisotopic (exact) mass is 366 g/mol. The van der Waals surface area contributed by atoms with Gasteiger partial charge in [-0.05, 0) is 37.3 Å². The quantitative estimate of drug-likeness (QED) is 0.412. The summed E-state index contributed by atoms with van der Waals surface area (Å²) in [7, 11) is 0. The molecule has 0 radical (unpaired) electrons. The highest BCUT2D eigenvalue weighted by Gasteiger charge is 2.15. The van der Waals surface area contributed by atoms with E-state index in [2.05, 4.69) is 9.98 Å². The molecule has 0 saturated carbocycles. The van der Waals surface area contributed by atoms with Crippen LogP contribution in [-0.4, -0.2) is 22.3 Å². The number of phenols is 1. The van der Waals surface area contributed by atoms with Crippen LogP contribution < -0.4 is 4.74 Å². The van der Waals surface area contributed by atoms with Crippen LogP contribution in [0.4, 0.5) is 5.69 Å². The molecule has 0 amide bonds. The third-order valence-corrected chi connectivity index (χ3v) is 3.78. The Morgan fingerprint density at radius 2 is 2.00 bits per heavy atom. The second-order valence-electron chi connectivity index (χ2n) is 5.57. The number of ether oxygens (including phenoxy) is 1. The van der Waals surface area contributed by atoms with E-state index >= 15 is 0 Å². The Balaban J connectivity index is 1.86. The van der Waals surface area contributed by atoms with Crippen molar-refractivity contribution in [3.63, 3.8) is 0 Å². The largest absolute Gasteiger partial charge is 0.504 e. The number of esters is 1. The van der Waals surface area contributed by atoms with Crippen LogP contribution in [0.3, 0.4) is 0 Å². The minimum absolute atomic E-state index is 0.0317. The number of nitrogens with zero attached hydrogens (tertiary/aromatic N) is 2. The number of carbonyl (C=O) groups excluding carboxylic acids is 1. The van der Waals surface area contributed by atoms with Crippen molar-refractivity contribution in [1.82, 2.24) is 4.98 Å². The predicted octanol–water partition coefficient (Wildman–Crippen LogP) is 4.72. The zero-order valence-electron chi connectivity index (χ0n) is 13.9. The zero-order chi connectivity index (χ0) is 18.5. The Labute approximate surface area is 155 Å². The molecule has 3 rings (SSSR count). The van der Waals surface area contributed by atoms with Gasteiger partial charge in [0.15, 0.2) is 11.5 Å². The van der Waals surface area contributed by atoms with Gasteiger partial charge in [0.2, 0.25) is 0 Å². The first-order valence-electron chi connectivity index (χ1n) is 7.78. The number of rotatable bonds is 4. The molecular formula is C20H15ClN2O3. The summed E-state index contributed by atoms with van der Waals surface area (Å²) in [4.78, 5) is 20.4. The maximum Gasteiger partial charge on any atom is 0.343 e. The first-order valence-corrected chi connectivity index (χ1v) is 8.16. The van der Waals surface area contributed by atoms with Crippen LogP contribution in [0.5, 0.6) is 11.5 Å². The molecule has 2 aromatic carbocycles. The molecule has 0 fully saturated rings. The van der Waals surface area contributed by atoms with Gasteiger partial charge >= 0.3 is 5.97 Å². The summed E-state index contributed by atoms with van der Waals surface area (Å²) >= 11 is 6.08. The Kier molecular flexibility index (Phi) is 5.29. The third kappa shape index (κ3) is 4.26. The molecule has 1 N–H and O–H groups in total. The van der Waals surface area contributed by atoms with Crippen LogP contribution in [0, 0.1) is 6.92 Å². The Morgan fingerprint density at radius 3 is 2.69 bits per heavy atom. The molecule has 3 aromatic rings. The van der Waals surface area contributed by atoms with E-state index in [1.165, 1.54) is 18.3 Å². The van der Waals surface area contributed by atoms with E-state index < -0.39 is 5.97 Å². The van der Waals surface area contributed by atoms with Gasteiger partial charge < -0.3 is 9.84 Å². The highest BCUT2D eigenvalue weighted by atomic mass is 35.5. The minimum atomic E-state index is -0.585. The summed E-state index contributed by atoms with van der Waals surface area (Å²) in [5.74, 6) is -0.837. The lowest BCUT2D eigenvalue weighted by atomic mass is 10.1. The van der Waals surface area contributed by atoms with E-state index in [-0.39, 0.29) is 11.5 Å². The lowest BCUT2D eigenvalue weighted by Crippen LogP contribution is -2.09. The van der Waals surface area contributed by atoms with Crippen molar-refractivity contribution in [2.75, 3.05) is 0 Å². The lowest BCUT2D eigenvalue weighted by Gasteiger charge is -2.09. The molecule has 0 spiro atoms. The summed E-state index contributed by atoms with van der Waals surface area (Å²) in [6, 6.07) is 13.3. The van der Waals surface area contributed by atoms with Gasteiger partial charge in [0.25, 0.3) is 0 Å². The SMILES string of the molecule is Cc1ccc(C(=O)Oc2cc(Cl)cc(C=Nc3cccnc3)c2O)cc1. The topological polar surface area (TPSA) is 71.8 Å². The number of hydrogen-bond acceptors (Lipinski definition) is 5. The first kappa shape index (κ1) is 17.6. The smallest absolute Gasteiger partial charge is 0.343 e. The number of benzene rings is 2. The summed E-state index contributed by atoms with van der Waals surface area (Å²) in [6.45, 7) is 1.92. The summed E-state index contributed by atoms with van der Waals surface area (Å²) < 4.78 is 5.30. The molecule has 0 aliphatic rings. The van der Waals surface area contributed by atoms with Gasteiger partial charge in [0, 0.05) is 29.1 Å². The molecule has 130 valence electrons. The van der Waals surface area contributed by atoms with Gasteiger partial charge in [-0.25, -0.2) is 4.79 Å². The molecule has 0 saturated heterocycles. The second kappa shape index (κ2) is 7.80. The average molecular weight is 367 g/mol. The fourth-order valence-corrected chi connectivity index (χ4v) is 2.41. The van der Waals surface area contributed by atoms with E-state index in [0.29, 0.717) is 21.8 Å². The van der Waals surface area contributed by atoms with Crippen LogP contribution in [-0.2, 0) is 0 Å². The summed E-state index contributed by atoms with van der Waals surface area (Å²) in [6.07, 6.45) is 4.65. The van der Waals surface area contributed by atoms with E-state index in [4.69, 9.17) is 16.3 Å². The molecule has 1 heterocycles. The maximum absolute atomic E-state index is 12.3. The van der Waals surface area contributed by atoms with Crippen LogP contribution in [0.25, 0.3) is 0 Å². The molecule has 1 aromatic heterocycles. The average Bonchev–Trinajstić information content (AvgIpc) is 2.64. The van der Waals surface area contributed by atoms with Gasteiger partial charge in [0.05, 0.1) is 17.4 Å². The number of pyridine rings is 1. The number of phenolic OH excluding ortho intramolecular Hbond substituents is 1. The Morgan fingerprint density at radius 1 is 1.23 bits per heavy atom. The Bertz CT molecular complexity index is 955. The molecule has 0 unspecified atom stereocenters. The maximum atomic E-state index is 12.3. The Hall–Kier alpha value is -3.18. The van der Waals surface area contributed by atoms with Crippen molar-refractivity contribution in [2.24, 2.45) is 4.99 Å². The highest BCUT2D eigenvalue weighted by molar-refractivity contribution is 6.31. The molecule has 0 aliphatic carbocycles. The van der Waals surface area contributed by atoms with Crippen molar-refractivity contribution in [2.45, 2.75) is 6.92 Å². The molecular weight excluding hydrogens is 352 g/mol. The molecule has 0 atom stereocenters. The standard InChI is InChI=1S/C20H15ClN2O3/c1-13-4-6-14(7-5-13)20(25)26-18-10-16(21)9-15(19(18)24)11-23-17-3-2-8-22-12-17/h2-12,24H,1H3. The third-order valence-electron chi connectivity index (χ3n) is 3.56. The van der Waals surface area contributed by atoms with E-state index in [9.17, 15) is 9.90 Å². The van der Waals surface area contributed by atoms with Gasteiger partial charge in [0.1, 0.15) is 0 Å². The van der Waals surface area contributed by atoms with Crippen molar-refractivity contribution < 1.29 is 14.6 Å². The van der Waals surface area contributed by atoms with E-state index in [1.54, 1.807) is 48.8 Å². The van der Waals surface area contributed by atoms with Gasteiger partial charge in [-0.2, -0.15) is 0 Å². The second-order valence-corrected chi connectivity index (χ2v) is 6.00. The van der Waals surface area contributed by atoms with Crippen LogP contribution in [0.2, 0.25) is 5.02 Å². The zero-order valence-corrected chi connectivity index (χ0v) is 14.6. The molecule has 0 bridgehead atoms. The van der Waals surface area contributed by atoms with Crippen LogP contribution in [0.15, 0.2) is 65.9 Å².